The SMILES string of the molecule is CC(=O)N1CCc2cc(C(=O)NCCNc3cccc(F)c3C#N)ccc21. The summed E-state index contributed by atoms with van der Waals surface area (Å²) in [5, 5.41) is 14.7. The van der Waals surface area contributed by atoms with E-state index in [1.807, 2.05) is 6.07 Å². The molecular formula is C20H19FN4O2. The summed E-state index contributed by atoms with van der Waals surface area (Å²) < 4.78 is 13.5. The first-order valence-corrected chi connectivity index (χ1v) is 8.63. The molecule has 138 valence electrons. The molecule has 7 heteroatoms. The van der Waals surface area contributed by atoms with Crippen molar-refractivity contribution in [2.24, 2.45) is 0 Å². The Labute approximate surface area is 156 Å². The number of hydrogen-bond acceptors (Lipinski definition) is 4. The van der Waals surface area contributed by atoms with Gasteiger partial charge in [0.1, 0.15) is 17.4 Å². The van der Waals surface area contributed by atoms with Crippen molar-refractivity contribution < 1.29 is 14.0 Å². The smallest absolute Gasteiger partial charge is 0.251 e. The Hall–Kier alpha value is -3.40. The van der Waals surface area contributed by atoms with E-state index in [0.29, 0.717) is 30.9 Å². The number of benzene rings is 2. The maximum atomic E-state index is 13.5. The number of hydrogen-bond donors (Lipinski definition) is 2. The zero-order valence-corrected chi connectivity index (χ0v) is 14.9. The third-order valence-electron chi connectivity index (χ3n) is 4.47. The average molecular weight is 366 g/mol. The normalized spacial score (nSPS) is 12.3. The first-order chi connectivity index (χ1) is 13.0. The van der Waals surface area contributed by atoms with E-state index in [9.17, 15) is 14.0 Å². The first kappa shape index (κ1) is 18.4. The third kappa shape index (κ3) is 3.90. The molecule has 0 saturated heterocycles. The largest absolute Gasteiger partial charge is 0.382 e. The topological polar surface area (TPSA) is 85.2 Å². The summed E-state index contributed by atoms with van der Waals surface area (Å²) in [6.45, 7) is 2.83. The van der Waals surface area contributed by atoms with Crippen LogP contribution in [-0.2, 0) is 11.2 Å². The van der Waals surface area contributed by atoms with E-state index in [2.05, 4.69) is 10.6 Å². The van der Waals surface area contributed by atoms with Crippen LogP contribution in [0.15, 0.2) is 36.4 Å². The quantitative estimate of drug-likeness (QED) is 0.796. The zero-order chi connectivity index (χ0) is 19.4. The fourth-order valence-corrected chi connectivity index (χ4v) is 3.13. The molecule has 0 aliphatic carbocycles. The van der Waals surface area contributed by atoms with Crippen LogP contribution < -0.4 is 15.5 Å². The molecule has 27 heavy (non-hydrogen) atoms. The molecule has 1 heterocycles. The number of amides is 2. The van der Waals surface area contributed by atoms with Crippen LogP contribution in [0.2, 0.25) is 0 Å². The van der Waals surface area contributed by atoms with Crippen molar-refractivity contribution in [1.29, 1.82) is 5.26 Å². The van der Waals surface area contributed by atoms with Crippen LogP contribution in [0, 0.1) is 17.1 Å². The molecule has 0 spiro atoms. The molecular weight excluding hydrogens is 347 g/mol. The van der Waals surface area contributed by atoms with Crippen LogP contribution in [0.25, 0.3) is 0 Å². The van der Waals surface area contributed by atoms with E-state index in [1.165, 1.54) is 19.1 Å². The van der Waals surface area contributed by atoms with Gasteiger partial charge in [0.2, 0.25) is 5.91 Å². The number of carbonyl (C=O) groups excluding carboxylic acids is 2. The van der Waals surface area contributed by atoms with Crippen LogP contribution in [0.3, 0.4) is 0 Å². The van der Waals surface area contributed by atoms with E-state index in [0.717, 1.165) is 17.7 Å². The van der Waals surface area contributed by atoms with Gasteiger partial charge in [0, 0.05) is 37.8 Å². The van der Waals surface area contributed by atoms with Crippen LogP contribution in [0.4, 0.5) is 15.8 Å². The molecule has 0 unspecified atom stereocenters. The van der Waals surface area contributed by atoms with Crippen molar-refractivity contribution in [3.05, 3.63) is 58.9 Å². The summed E-state index contributed by atoms with van der Waals surface area (Å²) in [7, 11) is 0. The van der Waals surface area contributed by atoms with E-state index in [-0.39, 0.29) is 17.4 Å². The van der Waals surface area contributed by atoms with Gasteiger partial charge in [-0.05, 0) is 42.3 Å². The van der Waals surface area contributed by atoms with Gasteiger partial charge in [0.25, 0.3) is 5.91 Å². The Morgan fingerprint density at radius 1 is 1.26 bits per heavy atom. The molecule has 1 aliphatic rings. The number of anilines is 2. The fourth-order valence-electron chi connectivity index (χ4n) is 3.13. The van der Waals surface area contributed by atoms with Crippen molar-refractivity contribution in [2.45, 2.75) is 13.3 Å². The highest BCUT2D eigenvalue weighted by atomic mass is 19.1. The van der Waals surface area contributed by atoms with Crippen LogP contribution in [-0.4, -0.2) is 31.4 Å². The van der Waals surface area contributed by atoms with Crippen molar-refractivity contribution in [3.63, 3.8) is 0 Å². The number of rotatable bonds is 5. The lowest BCUT2D eigenvalue weighted by Gasteiger charge is -2.15. The Bertz CT molecular complexity index is 936. The van der Waals surface area contributed by atoms with Gasteiger partial charge in [-0.2, -0.15) is 5.26 Å². The summed E-state index contributed by atoms with van der Waals surface area (Å²) in [4.78, 5) is 25.6. The predicted octanol–water partition coefficient (Wildman–Crippen LogP) is 2.45. The van der Waals surface area contributed by atoms with Crippen molar-refractivity contribution in [2.75, 3.05) is 29.9 Å². The summed E-state index contributed by atoms with van der Waals surface area (Å²) in [5.74, 6) is -0.809. The molecule has 2 amide bonds. The molecule has 2 aromatic rings. The first-order valence-electron chi connectivity index (χ1n) is 8.63. The molecule has 1 aliphatic heterocycles. The number of halogens is 1. The number of fused-ring (bicyclic) bond motifs is 1. The number of nitrogens with zero attached hydrogens (tertiary/aromatic N) is 2. The van der Waals surface area contributed by atoms with E-state index in [4.69, 9.17) is 5.26 Å². The van der Waals surface area contributed by atoms with E-state index >= 15 is 0 Å². The monoisotopic (exact) mass is 366 g/mol. The standard InChI is InChI=1S/C20H19FN4O2/c1-13(26)25-10-7-14-11-15(5-6-19(14)25)20(27)24-9-8-23-18-4-2-3-17(21)16(18)12-22/h2-6,11,23H,7-10H2,1H3,(H,24,27). The summed E-state index contributed by atoms with van der Waals surface area (Å²) in [5.41, 5.74) is 2.72. The molecule has 0 fully saturated rings. The van der Waals surface area contributed by atoms with Crippen molar-refractivity contribution >= 4 is 23.2 Å². The number of nitrogens with one attached hydrogen (secondary N) is 2. The molecule has 2 N–H and O–H groups in total. The fraction of sp³-hybridized carbons (Fsp3) is 0.250. The lowest BCUT2D eigenvalue weighted by Crippen LogP contribution is -2.29. The molecule has 3 rings (SSSR count). The molecule has 0 atom stereocenters. The van der Waals surface area contributed by atoms with Gasteiger partial charge in [-0.1, -0.05) is 6.07 Å². The summed E-state index contributed by atoms with van der Waals surface area (Å²) in [6, 6.07) is 11.5. The lowest BCUT2D eigenvalue weighted by atomic mass is 10.1. The van der Waals surface area contributed by atoms with Gasteiger partial charge in [-0.25, -0.2) is 4.39 Å². The van der Waals surface area contributed by atoms with Crippen LogP contribution in [0.1, 0.15) is 28.4 Å². The number of carbonyl (C=O) groups is 2. The lowest BCUT2D eigenvalue weighted by molar-refractivity contribution is -0.116. The van der Waals surface area contributed by atoms with E-state index < -0.39 is 5.82 Å². The molecule has 0 aromatic heterocycles. The third-order valence-corrected chi connectivity index (χ3v) is 4.47. The minimum absolute atomic E-state index is 0.00823. The zero-order valence-electron chi connectivity index (χ0n) is 14.9. The van der Waals surface area contributed by atoms with Crippen LogP contribution >= 0.6 is 0 Å². The second kappa shape index (κ2) is 7.87. The second-order valence-electron chi connectivity index (χ2n) is 6.22. The van der Waals surface area contributed by atoms with Crippen molar-refractivity contribution in [3.8, 4) is 6.07 Å². The minimum Gasteiger partial charge on any atom is -0.382 e. The molecule has 0 saturated carbocycles. The molecule has 0 bridgehead atoms. The van der Waals surface area contributed by atoms with Crippen LogP contribution in [0.5, 0.6) is 0 Å². The minimum atomic E-state index is -0.579. The molecule has 6 nitrogen and oxygen atoms in total. The number of nitriles is 1. The van der Waals surface area contributed by atoms with Gasteiger partial charge >= 0.3 is 0 Å². The summed E-state index contributed by atoms with van der Waals surface area (Å²) >= 11 is 0. The molecule has 0 radical (unpaired) electrons. The highest BCUT2D eigenvalue weighted by molar-refractivity contribution is 5.97. The van der Waals surface area contributed by atoms with E-state index in [1.54, 1.807) is 29.2 Å². The van der Waals surface area contributed by atoms with Gasteiger partial charge in [0.15, 0.2) is 0 Å². The second-order valence-corrected chi connectivity index (χ2v) is 6.22. The Morgan fingerprint density at radius 3 is 2.81 bits per heavy atom. The van der Waals surface area contributed by atoms with Crippen molar-refractivity contribution in [1.82, 2.24) is 5.32 Å². The van der Waals surface area contributed by atoms with Gasteiger partial charge < -0.3 is 15.5 Å². The van der Waals surface area contributed by atoms with Gasteiger partial charge in [-0.3, -0.25) is 9.59 Å². The predicted molar refractivity (Wildman–Crippen MR) is 100 cm³/mol. The summed E-state index contributed by atoms with van der Waals surface area (Å²) in [6.07, 6.45) is 0.730. The van der Waals surface area contributed by atoms with Gasteiger partial charge in [-0.15, -0.1) is 0 Å². The Morgan fingerprint density at radius 2 is 2.07 bits per heavy atom. The molecule has 2 aromatic carbocycles. The highest BCUT2D eigenvalue weighted by Crippen LogP contribution is 2.28. The Balaban J connectivity index is 1.56. The highest BCUT2D eigenvalue weighted by Gasteiger charge is 2.23. The Kier molecular flexibility index (Phi) is 5.36. The maximum Gasteiger partial charge on any atom is 0.251 e. The average Bonchev–Trinajstić information content (AvgIpc) is 3.08. The maximum absolute atomic E-state index is 13.5. The van der Waals surface area contributed by atoms with Gasteiger partial charge in [0.05, 0.1) is 5.69 Å².